The third kappa shape index (κ3) is 2.38. The second-order valence-electron chi connectivity index (χ2n) is 4.03. The van der Waals surface area contributed by atoms with Gasteiger partial charge in [0, 0.05) is 16.3 Å². The number of thiophene rings is 1. The second kappa shape index (κ2) is 4.81. The van der Waals surface area contributed by atoms with E-state index in [2.05, 4.69) is 25.9 Å². The van der Waals surface area contributed by atoms with Gasteiger partial charge in [-0.05, 0) is 41.1 Å². The maximum atomic E-state index is 13.6. The molecule has 0 spiro atoms. The van der Waals surface area contributed by atoms with Gasteiger partial charge in [0.25, 0.3) is 0 Å². The first-order chi connectivity index (χ1) is 9.04. The maximum Gasteiger partial charge on any atom is 0.171 e. The molecule has 1 aromatic carbocycles. The average Bonchev–Trinajstić information content (AvgIpc) is 2.78. The van der Waals surface area contributed by atoms with Crippen molar-refractivity contribution in [2.24, 2.45) is 0 Å². The molecule has 2 aromatic heterocycles. The lowest BCUT2D eigenvalue weighted by Gasteiger charge is -2.04. The molecule has 0 amide bonds. The zero-order chi connectivity index (χ0) is 13.6. The predicted octanol–water partition coefficient (Wildman–Crippen LogP) is 5.22. The van der Waals surface area contributed by atoms with E-state index in [1.54, 1.807) is 17.4 Å². The minimum Gasteiger partial charge on any atom is -0.227 e. The molecule has 0 N–H and O–H groups in total. The first-order valence-electron chi connectivity index (χ1n) is 5.44. The molecular weight excluding hydrogens is 351 g/mol. The average molecular weight is 358 g/mol. The summed E-state index contributed by atoms with van der Waals surface area (Å²) in [5.41, 5.74) is 0.502. The van der Waals surface area contributed by atoms with E-state index in [0.29, 0.717) is 26.4 Å². The Morgan fingerprint density at radius 1 is 1.26 bits per heavy atom. The molecule has 0 bridgehead atoms. The quantitative estimate of drug-likeness (QED) is 0.558. The van der Waals surface area contributed by atoms with Crippen LogP contribution in [0.25, 0.3) is 21.6 Å². The molecule has 19 heavy (non-hydrogen) atoms. The largest absolute Gasteiger partial charge is 0.227 e. The van der Waals surface area contributed by atoms with Crippen molar-refractivity contribution < 1.29 is 4.39 Å². The standard InChI is InChI=1S/C13H7BrClFN2S/c1-6-2-3-11(19-6)13-17-10-5-9(16)8(14)4-7(10)12(15)18-13/h2-5H,1H3. The van der Waals surface area contributed by atoms with Gasteiger partial charge in [-0.1, -0.05) is 11.6 Å². The molecule has 0 radical (unpaired) electrons. The van der Waals surface area contributed by atoms with Crippen molar-refractivity contribution in [2.45, 2.75) is 6.92 Å². The fraction of sp³-hybridized carbons (Fsp3) is 0.0769. The van der Waals surface area contributed by atoms with Gasteiger partial charge in [-0.15, -0.1) is 11.3 Å². The number of aromatic nitrogens is 2. The van der Waals surface area contributed by atoms with Gasteiger partial charge in [-0.25, -0.2) is 14.4 Å². The molecule has 2 heterocycles. The number of benzene rings is 1. The fourth-order valence-corrected chi connectivity index (χ4v) is 3.13. The summed E-state index contributed by atoms with van der Waals surface area (Å²) in [6.45, 7) is 2.01. The van der Waals surface area contributed by atoms with Crippen LogP contribution in [0.3, 0.4) is 0 Å². The number of nitrogens with zero attached hydrogens (tertiary/aromatic N) is 2. The molecule has 0 saturated carbocycles. The topological polar surface area (TPSA) is 25.8 Å². The summed E-state index contributed by atoms with van der Waals surface area (Å²) in [7, 11) is 0. The van der Waals surface area contributed by atoms with Gasteiger partial charge in [-0.2, -0.15) is 0 Å². The van der Waals surface area contributed by atoms with Crippen molar-refractivity contribution in [1.29, 1.82) is 0 Å². The second-order valence-corrected chi connectivity index (χ2v) is 6.53. The Morgan fingerprint density at radius 3 is 2.74 bits per heavy atom. The summed E-state index contributed by atoms with van der Waals surface area (Å²) in [6.07, 6.45) is 0. The summed E-state index contributed by atoms with van der Waals surface area (Å²) in [4.78, 5) is 10.7. The number of rotatable bonds is 1. The third-order valence-corrected chi connectivity index (χ3v) is 4.54. The van der Waals surface area contributed by atoms with Crippen LogP contribution >= 0.6 is 38.9 Å². The SMILES string of the molecule is Cc1ccc(-c2nc(Cl)c3cc(Br)c(F)cc3n2)s1. The first kappa shape index (κ1) is 13.0. The molecule has 0 saturated heterocycles. The van der Waals surface area contributed by atoms with E-state index < -0.39 is 0 Å². The van der Waals surface area contributed by atoms with E-state index in [1.807, 2.05) is 19.1 Å². The Kier molecular flexibility index (Phi) is 3.28. The van der Waals surface area contributed by atoms with Crippen LogP contribution < -0.4 is 0 Å². The molecule has 0 unspecified atom stereocenters. The molecule has 0 aliphatic carbocycles. The molecule has 3 rings (SSSR count). The first-order valence-corrected chi connectivity index (χ1v) is 7.42. The van der Waals surface area contributed by atoms with E-state index in [9.17, 15) is 4.39 Å². The van der Waals surface area contributed by atoms with Crippen molar-refractivity contribution in [3.05, 3.63) is 44.6 Å². The van der Waals surface area contributed by atoms with Gasteiger partial charge < -0.3 is 0 Å². The van der Waals surface area contributed by atoms with Crippen LogP contribution in [0.2, 0.25) is 5.15 Å². The van der Waals surface area contributed by atoms with E-state index in [0.717, 1.165) is 9.75 Å². The smallest absolute Gasteiger partial charge is 0.171 e. The maximum absolute atomic E-state index is 13.6. The summed E-state index contributed by atoms with van der Waals surface area (Å²) < 4.78 is 13.9. The number of fused-ring (bicyclic) bond motifs is 1. The van der Waals surface area contributed by atoms with Crippen LogP contribution in [-0.2, 0) is 0 Å². The van der Waals surface area contributed by atoms with E-state index in [-0.39, 0.29) is 5.82 Å². The van der Waals surface area contributed by atoms with Crippen LogP contribution in [0.5, 0.6) is 0 Å². The van der Waals surface area contributed by atoms with Crippen molar-refractivity contribution in [2.75, 3.05) is 0 Å². The zero-order valence-corrected chi connectivity index (χ0v) is 12.9. The van der Waals surface area contributed by atoms with Gasteiger partial charge in [0.1, 0.15) is 11.0 Å². The summed E-state index contributed by atoms with van der Waals surface area (Å²) in [5, 5.41) is 0.957. The van der Waals surface area contributed by atoms with Gasteiger partial charge >= 0.3 is 0 Å². The normalized spacial score (nSPS) is 11.2. The molecule has 3 aromatic rings. The Morgan fingerprint density at radius 2 is 2.05 bits per heavy atom. The molecule has 0 aliphatic rings. The molecule has 0 fully saturated rings. The number of hydrogen-bond donors (Lipinski definition) is 0. The minimum atomic E-state index is -0.365. The Bertz CT molecular complexity index is 788. The third-order valence-electron chi connectivity index (χ3n) is 2.65. The molecule has 0 atom stereocenters. The lowest BCUT2D eigenvalue weighted by Crippen LogP contribution is -1.91. The van der Waals surface area contributed by atoms with Gasteiger partial charge in [0.2, 0.25) is 0 Å². The lowest BCUT2D eigenvalue weighted by molar-refractivity contribution is 0.623. The van der Waals surface area contributed by atoms with Crippen LogP contribution in [-0.4, -0.2) is 9.97 Å². The molecular formula is C13H7BrClFN2S. The van der Waals surface area contributed by atoms with E-state index >= 15 is 0 Å². The van der Waals surface area contributed by atoms with Gasteiger partial charge in [0.15, 0.2) is 5.82 Å². The Balaban J connectivity index is 2.27. The summed E-state index contributed by atoms with van der Waals surface area (Å²) in [6, 6.07) is 6.88. The van der Waals surface area contributed by atoms with Crippen molar-refractivity contribution in [1.82, 2.24) is 9.97 Å². The highest BCUT2D eigenvalue weighted by molar-refractivity contribution is 9.10. The summed E-state index contributed by atoms with van der Waals surface area (Å²) >= 11 is 10.9. The highest BCUT2D eigenvalue weighted by Crippen LogP contribution is 2.31. The van der Waals surface area contributed by atoms with Crippen LogP contribution in [0, 0.1) is 12.7 Å². The van der Waals surface area contributed by atoms with Crippen LogP contribution in [0.15, 0.2) is 28.7 Å². The molecule has 6 heteroatoms. The fourth-order valence-electron chi connectivity index (χ4n) is 1.75. The van der Waals surface area contributed by atoms with Gasteiger partial charge in [-0.3, -0.25) is 0 Å². The predicted molar refractivity (Wildman–Crippen MR) is 80.3 cm³/mol. The van der Waals surface area contributed by atoms with Crippen molar-refractivity contribution in [3.8, 4) is 10.7 Å². The lowest BCUT2D eigenvalue weighted by atomic mass is 10.2. The molecule has 0 aliphatic heterocycles. The highest BCUT2D eigenvalue weighted by atomic mass is 79.9. The Labute approximate surface area is 126 Å². The number of hydrogen-bond acceptors (Lipinski definition) is 3. The number of halogens is 3. The van der Waals surface area contributed by atoms with Crippen LogP contribution in [0.4, 0.5) is 4.39 Å². The monoisotopic (exact) mass is 356 g/mol. The van der Waals surface area contributed by atoms with E-state index in [1.165, 1.54) is 6.07 Å². The highest BCUT2D eigenvalue weighted by Gasteiger charge is 2.12. The molecule has 96 valence electrons. The minimum absolute atomic E-state index is 0.326. The Hall–Kier alpha value is -1.04. The summed E-state index contributed by atoms with van der Waals surface area (Å²) in [5.74, 6) is 0.160. The van der Waals surface area contributed by atoms with E-state index in [4.69, 9.17) is 11.6 Å². The zero-order valence-electron chi connectivity index (χ0n) is 9.75. The van der Waals surface area contributed by atoms with Crippen LogP contribution in [0.1, 0.15) is 4.88 Å². The molecule has 2 nitrogen and oxygen atoms in total. The number of aryl methyl sites for hydroxylation is 1. The van der Waals surface area contributed by atoms with Gasteiger partial charge in [0.05, 0.1) is 14.9 Å². The van der Waals surface area contributed by atoms with Crippen molar-refractivity contribution >= 4 is 49.8 Å². The van der Waals surface area contributed by atoms with Crippen molar-refractivity contribution in [3.63, 3.8) is 0 Å².